The van der Waals surface area contributed by atoms with Gasteiger partial charge in [-0.25, -0.2) is 0 Å². The van der Waals surface area contributed by atoms with Crippen LogP contribution in [0.2, 0.25) is 0 Å². The summed E-state index contributed by atoms with van der Waals surface area (Å²) in [6, 6.07) is 4.24. The lowest BCUT2D eigenvalue weighted by atomic mass is 10.0. The first-order valence-corrected chi connectivity index (χ1v) is 6.07. The molecule has 0 saturated heterocycles. The molecular weight excluding hydrogens is 194 g/mol. The van der Waals surface area contributed by atoms with Gasteiger partial charge in [-0.2, -0.15) is 0 Å². The van der Waals surface area contributed by atoms with Crippen LogP contribution in [0.4, 0.5) is 0 Å². The van der Waals surface area contributed by atoms with E-state index in [1.165, 1.54) is 17.7 Å². The number of nitrogens with one attached hydrogen (secondary N) is 1. The maximum Gasteiger partial charge on any atom is 0.0436 e. The average molecular weight is 211 g/mol. The summed E-state index contributed by atoms with van der Waals surface area (Å²) >= 11 is 1.80. The van der Waals surface area contributed by atoms with Crippen LogP contribution in [0.25, 0.3) is 0 Å². The molecule has 0 aliphatic heterocycles. The van der Waals surface area contributed by atoms with Gasteiger partial charge in [0.15, 0.2) is 0 Å². The van der Waals surface area contributed by atoms with E-state index in [1.807, 2.05) is 0 Å². The second-order valence-corrected chi connectivity index (χ2v) is 5.19. The molecule has 1 aliphatic carbocycles. The van der Waals surface area contributed by atoms with Crippen molar-refractivity contribution in [2.24, 2.45) is 5.41 Å². The lowest BCUT2D eigenvalue weighted by Gasteiger charge is -2.13. The predicted octanol–water partition coefficient (Wildman–Crippen LogP) is 2.00. The third-order valence-corrected chi connectivity index (χ3v) is 3.85. The molecule has 2 nitrogen and oxygen atoms in total. The fourth-order valence-corrected chi connectivity index (χ4v) is 2.47. The smallest absolute Gasteiger partial charge is 0.0436 e. The largest absolute Gasteiger partial charge is 0.396 e. The fourth-order valence-electron chi connectivity index (χ4n) is 1.79. The van der Waals surface area contributed by atoms with Crippen LogP contribution in [0.3, 0.4) is 0 Å². The summed E-state index contributed by atoms with van der Waals surface area (Å²) in [5, 5.41) is 14.5. The zero-order valence-corrected chi connectivity index (χ0v) is 9.15. The maximum absolute atomic E-state index is 8.90. The topological polar surface area (TPSA) is 32.3 Å². The van der Waals surface area contributed by atoms with E-state index in [4.69, 9.17) is 5.11 Å². The highest BCUT2D eigenvalue weighted by Crippen LogP contribution is 2.47. The van der Waals surface area contributed by atoms with E-state index in [0.717, 1.165) is 19.5 Å². The number of thiophene rings is 1. The zero-order valence-electron chi connectivity index (χ0n) is 8.33. The molecule has 0 spiro atoms. The SMILES string of the molecule is OCCC1(CNCc2cccs2)CC1. The number of hydrogen-bond acceptors (Lipinski definition) is 3. The lowest BCUT2D eigenvalue weighted by molar-refractivity contribution is 0.245. The molecule has 0 radical (unpaired) electrons. The van der Waals surface area contributed by atoms with Crippen molar-refractivity contribution in [1.29, 1.82) is 0 Å². The highest BCUT2D eigenvalue weighted by molar-refractivity contribution is 7.09. The highest BCUT2D eigenvalue weighted by atomic mass is 32.1. The Balaban J connectivity index is 1.68. The van der Waals surface area contributed by atoms with Crippen LogP contribution in [0.1, 0.15) is 24.1 Å². The van der Waals surface area contributed by atoms with Crippen LogP contribution in [0, 0.1) is 5.41 Å². The Morgan fingerprint density at radius 2 is 2.36 bits per heavy atom. The Morgan fingerprint density at radius 3 is 2.93 bits per heavy atom. The number of aliphatic hydroxyl groups excluding tert-OH is 1. The van der Waals surface area contributed by atoms with Crippen LogP contribution in [-0.2, 0) is 6.54 Å². The van der Waals surface area contributed by atoms with Crippen LogP contribution in [0.5, 0.6) is 0 Å². The van der Waals surface area contributed by atoms with E-state index in [2.05, 4.69) is 22.8 Å². The highest BCUT2D eigenvalue weighted by Gasteiger charge is 2.41. The standard InChI is InChI=1S/C11H17NOS/c13-6-5-11(3-4-11)9-12-8-10-2-1-7-14-10/h1-2,7,12-13H,3-6,8-9H2. The molecule has 1 aromatic heterocycles. The first-order chi connectivity index (χ1) is 6.85. The molecule has 78 valence electrons. The van der Waals surface area contributed by atoms with Gasteiger partial charge in [0.1, 0.15) is 0 Å². The van der Waals surface area contributed by atoms with Gasteiger partial charge >= 0.3 is 0 Å². The first-order valence-electron chi connectivity index (χ1n) is 5.19. The molecule has 14 heavy (non-hydrogen) atoms. The van der Waals surface area contributed by atoms with Crippen LogP contribution in [-0.4, -0.2) is 18.3 Å². The first kappa shape index (κ1) is 10.1. The quantitative estimate of drug-likeness (QED) is 0.754. The molecule has 1 fully saturated rings. The Labute approximate surface area is 89.0 Å². The molecule has 2 N–H and O–H groups in total. The third kappa shape index (κ3) is 2.56. The molecule has 2 rings (SSSR count). The molecule has 1 aliphatic rings. The van der Waals surface area contributed by atoms with Crippen molar-refractivity contribution in [3.8, 4) is 0 Å². The molecule has 0 unspecified atom stereocenters. The van der Waals surface area contributed by atoms with Crippen molar-refractivity contribution in [3.63, 3.8) is 0 Å². The van der Waals surface area contributed by atoms with E-state index >= 15 is 0 Å². The number of hydrogen-bond donors (Lipinski definition) is 2. The molecule has 1 aromatic rings. The average Bonchev–Trinajstić information content (AvgIpc) is 2.75. The fraction of sp³-hybridized carbons (Fsp3) is 0.636. The summed E-state index contributed by atoms with van der Waals surface area (Å²) in [5.74, 6) is 0. The second-order valence-electron chi connectivity index (χ2n) is 4.16. The zero-order chi connectivity index (χ0) is 9.86. The van der Waals surface area contributed by atoms with Crippen molar-refractivity contribution >= 4 is 11.3 Å². The van der Waals surface area contributed by atoms with Gasteiger partial charge in [-0.05, 0) is 36.1 Å². The molecule has 0 amide bonds. The van der Waals surface area contributed by atoms with Crippen molar-refractivity contribution in [2.75, 3.05) is 13.2 Å². The minimum absolute atomic E-state index is 0.334. The Hall–Kier alpha value is -0.380. The van der Waals surface area contributed by atoms with Gasteiger partial charge in [-0.1, -0.05) is 6.07 Å². The van der Waals surface area contributed by atoms with E-state index in [0.29, 0.717) is 12.0 Å². The lowest BCUT2D eigenvalue weighted by Crippen LogP contribution is -2.24. The Bertz CT molecular complexity index is 267. The Kier molecular flexibility index (Phi) is 3.21. The normalized spacial score (nSPS) is 18.4. The van der Waals surface area contributed by atoms with Gasteiger partial charge < -0.3 is 10.4 Å². The maximum atomic E-state index is 8.90. The molecule has 0 bridgehead atoms. The van der Waals surface area contributed by atoms with Crippen molar-refractivity contribution in [1.82, 2.24) is 5.32 Å². The van der Waals surface area contributed by atoms with Crippen LogP contribution >= 0.6 is 11.3 Å². The number of aliphatic hydroxyl groups is 1. The van der Waals surface area contributed by atoms with E-state index < -0.39 is 0 Å². The van der Waals surface area contributed by atoms with Crippen LogP contribution < -0.4 is 5.32 Å². The van der Waals surface area contributed by atoms with Crippen molar-refractivity contribution in [2.45, 2.75) is 25.8 Å². The van der Waals surface area contributed by atoms with Gasteiger partial charge in [-0.3, -0.25) is 0 Å². The van der Waals surface area contributed by atoms with Crippen molar-refractivity contribution in [3.05, 3.63) is 22.4 Å². The van der Waals surface area contributed by atoms with E-state index in [1.54, 1.807) is 11.3 Å². The predicted molar refractivity (Wildman–Crippen MR) is 59.4 cm³/mol. The molecule has 0 aromatic carbocycles. The molecular formula is C11H17NOS. The second kappa shape index (κ2) is 4.43. The summed E-state index contributed by atoms with van der Waals surface area (Å²) in [6.45, 7) is 2.37. The molecule has 3 heteroatoms. The Morgan fingerprint density at radius 1 is 1.50 bits per heavy atom. The van der Waals surface area contributed by atoms with Gasteiger partial charge in [0.2, 0.25) is 0 Å². The minimum atomic E-state index is 0.334. The van der Waals surface area contributed by atoms with Gasteiger partial charge in [-0.15, -0.1) is 11.3 Å². The van der Waals surface area contributed by atoms with Crippen LogP contribution in [0.15, 0.2) is 17.5 Å². The van der Waals surface area contributed by atoms with Crippen molar-refractivity contribution < 1.29 is 5.11 Å². The minimum Gasteiger partial charge on any atom is -0.396 e. The van der Waals surface area contributed by atoms with E-state index in [-0.39, 0.29) is 0 Å². The van der Waals surface area contributed by atoms with Gasteiger partial charge in [0, 0.05) is 24.6 Å². The van der Waals surface area contributed by atoms with Gasteiger partial charge in [0.05, 0.1) is 0 Å². The third-order valence-electron chi connectivity index (χ3n) is 2.98. The summed E-state index contributed by atoms with van der Waals surface area (Å²) in [6.07, 6.45) is 3.53. The summed E-state index contributed by atoms with van der Waals surface area (Å²) in [5.41, 5.74) is 0.437. The summed E-state index contributed by atoms with van der Waals surface area (Å²) in [7, 11) is 0. The van der Waals surface area contributed by atoms with Gasteiger partial charge in [0.25, 0.3) is 0 Å². The summed E-state index contributed by atoms with van der Waals surface area (Å²) in [4.78, 5) is 1.39. The molecule has 1 heterocycles. The summed E-state index contributed by atoms with van der Waals surface area (Å²) < 4.78 is 0. The molecule has 0 atom stereocenters. The molecule has 1 saturated carbocycles. The number of rotatable bonds is 6. The monoisotopic (exact) mass is 211 g/mol. The van der Waals surface area contributed by atoms with E-state index in [9.17, 15) is 0 Å².